The minimum atomic E-state index is -0.264. The number of halogens is 2. The Morgan fingerprint density at radius 1 is 1.06 bits per heavy atom. The fraction of sp³-hybridized carbons (Fsp3) is 0.0769. The third kappa shape index (κ3) is 2.25. The van der Waals surface area contributed by atoms with Gasteiger partial charge in [0, 0.05) is 0 Å². The summed E-state index contributed by atoms with van der Waals surface area (Å²) in [6, 6.07) is 12.6. The lowest BCUT2D eigenvalue weighted by molar-refractivity contribution is 0.415. The second-order valence-corrected chi connectivity index (χ2v) is 4.22. The van der Waals surface area contributed by atoms with Gasteiger partial charge >= 0.3 is 0 Å². The van der Waals surface area contributed by atoms with E-state index in [1.54, 1.807) is 13.2 Å². The second-order valence-electron chi connectivity index (χ2n) is 3.36. The molecule has 0 aliphatic carbocycles. The first-order valence-electron chi connectivity index (χ1n) is 4.80. The van der Waals surface area contributed by atoms with E-state index in [4.69, 9.17) is 4.74 Å². The van der Waals surface area contributed by atoms with E-state index in [0.29, 0.717) is 4.47 Å². The molecule has 0 aliphatic heterocycles. The molecule has 0 atom stereocenters. The first kappa shape index (κ1) is 11.1. The van der Waals surface area contributed by atoms with Crippen molar-refractivity contribution in [3.63, 3.8) is 0 Å². The van der Waals surface area contributed by atoms with Crippen molar-refractivity contribution in [1.29, 1.82) is 0 Å². The summed E-state index contributed by atoms with van der Waals surface area (Å²) < 4.78 is 19.0. The highest BCUT2D eigenvalue weighted by atomic mass is 79.9. The van der Waals surface area contributed by atoms with Gasteiger partial charge in [0.15, 0.2) is 0 Å². The molecule has 0 radical (unpaired) electrons. The van der Waals surface area contributed by atoms with Crippen LogP contribution in [0, 0.1) is 5.82 Å². The summed E-state index contributed by atoms with van der Waals surface area (Å²) in [5, 5.41) is 0. The third-order valence-corrected chi connectivity index (χ3v) is 2.97. The van der Waals surface area contributed by atoms with Gasteiger partial charge < -0.3 is 4.74 Å². The molecule has 3 heteroatoms. The van der Waals surface area contributed by atoms with Crippen molar-refractivity contribution >= 4 is 15.9 Å². The van der Waals surface area contributed by atoms with Gasteiger partial charge in [0.25, 0.3) is 0 Å². The molecule has 0 fully saturated rings. The summed E-state index contributed by atoms with van der Waals surface area (Å²) in [6.07, 6.45) is 0. The third-order valence-electron chi connectivity index (χ3n) is 2.32. The van der Waals surface area contributed by atoms with Gasteiger partial charge in [-0.2, -0.15) is 0 Å². The normalized spacial score (nSPS) is 10.2. The SMILES string of the molecule is COc1cccc(-c2ccc(Br)c(F)c2)c1. The molecule has 0 unspecified atom stereocenters. The molecule has 2 aromatic carbocycles. The van der Waals surface area contributed by atoms with Crippen LogP contribution in [-0.2, 0) is 0 Å². The van der Waals surface area contributed by atoms with Crippen LogP contribution in [0.5, 0.6) is 5.75 Å². The predicted molar refractivity (Wildman–Crippen MR) is 66.1 cm³/mol. The second kappa shape index (κ2) is 4.66. The van der Waals surface area contributed by atoms with Crippen molar-refractivity contribution in [2.24, 2.45) is 0 Å². The fourth-order valence-corrected chi connectivity index (χ4v) is 1.72. The van der Waals surface area contributed by atoms with Gasteiger partial charge in [0.05, 0.1) is 11.6 Å². The average molecular weight is 281 g/mol. The highest BCUT2D eigenvalue weighted by Crippen LogP contribution is 2.26. The van der Waals surface area contributed by atoms with E-state index in [9.17, 15) is 4.39 Å². The van der Waals surface area contributed by atoms with Crippen molar-refractivity contribution < 1.29 is 9.13 Å². The topological polar surface area (TPSA) is 9.23 Å². The van der Waals surface area contributed by atoms with E-state index < -0.39 is 0 Å². The molecule has 0 bridgehead atoms. The Morgan fingerprint density at radius 3 is 2.50 bits per heavy atom. The number of rotatable bonds is 2. The maximum absolute atomic E-state index is 13.4. The lowest BCUT2D eigenvalue weighted by Gasteiger charge is -2.05. The maximum atomic E-state index is 13.4. The van der Waals surface area contributed by atoms with Crippen LogP contribution in [0.2, 0.25) is 0 Å². The molecule has 0 amide bonds. The molecular weight excluding hydrogens is 271 g/mol. The van der Waals surface area contributed by atoms with Gasteiger partial charge in [0.1, 0.15) is 11.6 Å². The van der Waals surface area contributed by atoms with Gasteiger partial charge in [-0.3, -0.25) is 0 Å². The quantitative estimate of drug-likeness (QED) is 0.799. The minimum absolute atomic E-state index is 0.264. The van der Waals surface area contributed by atoms with Crippen molar-refractivity contribution in [1.82, 2.24) is 0 Å². The Labute approximate surface area is 102 Å². The highest BCUT2D eigenvalue weighted by Gasteiger charge is 2.03. The molecule has 2 rings (SSSR count). The molecular formula is C13H10BrFO. The van der Waals surface area contributed by atoms with E-state index in [2.05, 4.69) is 15.9 Å². The van der Waals surface area contributed by atoms with Crippen molar-refractivity contribution in [2.45, 2.75) is 0 Å². The van der Waals surface area contributed by atoms with Gasteiger partial charge in [-0.15, -0.1) is 0 Å². The monoisotopic (exact) mass is 280 g/mol. The van der Waals surface area contributed by atoms with E-state index in [0.717, 1.165) is 16.9 Å². The zero-order chi connectivity index (χ0) is 11.5. The fourth-order valence-electron chi connectivity index (χ4n) is 1.48. The van der Waals surface area contributed by atoms with Crippen molar-refractivity contribution in [3.05, 3.63) is 52.8 Å². The number of hydrogen-bond acceptors (Lipinski definition) is 1. The van der Waals surface area contributed by atoms with Gasteiger partial charge in [-0.05, 0) is 51.3 Å². The van der Waals surface area contributed by atoms with Crippen LogP contribution in [-0.4, -0.2) is 7.11 Å². The molecule has 0 spiro atoms. The molecule has 0 saturated carbocycles. The zero-order valence-electron chi connectivity index (χ0n) is 8.71. The summed E-state index contributed by atoms with van der Waals surface area (Å²) >= 11 is 3.13. The van der Waals surface area contributed by atoms with Crippen LogP contribution in [0.3, 0.4) is 0 Å². The summed E-state index contributed by atoms with van der Waals surface area (Å²) in [7, 11) is 1.61. The Hall–Kier alpha value is -1.35. The Bertz CT molecular complexity index is 511. The Balaban J connectivity index is 2.46. The van der Waals surface area contributed by atoms with Crippen LogP contribution >= 0.6 is 15.9 Å². The van der Waals surface area contributed by atoms with Crippen LogP contribution in [0.1, 0.15) is 0 Å². The Morgan fingerprint density at radius 2 is 1.81 bits per heavy atom. The number of benzene rings is 2. The van der Waals surface area contributed by atoms with Crippen molar-refractivity contribution in [2.75, 3.05) is 7.11 Å². The van der Waals surface area contributed by atoms with Gasteiger partial charge in [-0.1, -0.05) is 18.2 Å². The first-order valence-corrected chi connectivity index (χ1v) is 5.59. The standard InChI is InChI=1S/C13H10BrFO/c1-16-11-4-2-3-9(7-11)10-5-6-12(14)13(15)8-10/h2-8H,1H3. The average Bonchev–Trinajstić information content (AvgIpc) is 2.33. The molecule has 0 N–H and O–H groups in total. The molecule has 0 heterocycles. The summed E-state index contributed by atoms with van der Waals surface area (Å²) in [6.45, 7) is 0. The molecule has 1 nitrogen and oxygen atoms in total. The molecule has 0 saturated heterocycles. The number of ether oxygens (including phenoxy) is 1. The van der Waals surface area contributed by atoms with E-state index in [1.807, 2.05) is 30.3 Å². The van der Waals surface area contributed by atoms with Gasteiger partial charge in [-0.25, -0.2) is 4.39 Å². The summed E-state index contributed by atoms with van der Waals surface area (Å²) in [5.41, 5.74) is 1.77. The zero-order valence-corrected chi connectivity index (χ0v) is 10.3. The Kier molecular flexibility index (Phi) is 3.25. The van der Waals surface area contributed by atoms with Crippen molar-refractivity contribution in [3.8, 4) is 16.9 Å². The van der Waals surface area contributed by atoms with Crippen LogP contribution in [0.25, 0.3) is 11.1 Å². The minimum Gasteiger partial charge on any atom is -0.497 e. The predicted octanol–water partition coefficient (Wildman–Crippen LogP) is 4.26. The molecule has 82 valence electrons. The summed E-state index contributed by atoms with van der Waals surface area (Å²) in [4.78, 5) is 0. The van der Waals surface area contributed by atoms with E-state index in [1.165, 1.54) is 6.07 Å². The van der Waals surface area contributed by atoms with Crippen LogP contribution in [0.4, 0.5) is 4.39 Å². The highest BCUT2D eigenvalue weighted by molar-refractivity contribution is 9.10. The van der Waals surface area contributed by atoms with Gasteiger partial charge in [0.2, 0.25) is 0 Å². The van der Waals surface area contributed by atoms with E-state index >= 15 is 0 Å². The lowest BCUT2D eigenvalue weighted by Crippen LogP contribution is -1.85. The smallest absolute Gasteiger partial charge is 0.137 e. The number of methoxy groups -OCH3 is 1. The maximum Gasteiger partial charge on any atom is 0.137 e. The molecule has 0 aliphatic rings. The number of hydrogen-bond donors (Lipinski definition) is 0. The summed E-state index contributed by atoms with van der Waals surface area (Å²) in [5.74, 6) is 0.501. The largest absolute Gasteiger partial charge is 0.497 e. The van der Waals surface area contributed by atoms with Crippen LogP contribution < -0.4 is 4.74 Å². The lowest BCUT2D eigenvalue weighted by atomic mass is 10.1. The van der Waals surface area contributed by atoms with Crippen LogP contribution in [0.15, 0.2) is 46.9 Å². The molecule has 16 heavy (non-hydrogen) atoms. The van der Waals surface area contributed by atoms with E-state index in [-0.39, 0.29) is 5.82 Å². The molecule has 0 aromatic heterocycles. The molecule has 2 aromatic rings. The first-order chi connectivity index (χ1) is 7.70.